The number of sulfonamides is 1. The lowest BCUT2D eigenvalue weighted by atomic mass is 10.2. The highest BCUT2D eigenvalue weighted by Crippen LogP contribution is 2.24. The molecule has 0 spiro atoms. The lowest BCUT2D eigenvalue weighted by Gasteiger charge is -2.24. The van der Waals surface area contributed by atoms with Gasteiger partial charge >= 0.3 is 0 Å². The van der Waals surface area contributed by atoms with E-state index in [1.54, 1.807) is 36.0 Å². The minimum atomic E-state index is -4.05. The van der Waals surface area contributed by atoms with Gasteiger partial charge in [-0.25, -0.2) is 12.8 Å². The van der Waals surface area contributed by atoms with Crippen molar-refractivity contribution in [3.63, 3.8) is 0 Å². The van der Waals surface area contributed by atoms with Crippen LogP contribution in [0.2, 0.25) is 0 Å². The number of nitrogens with one attached hydrogen (secondary N) is 1. The monoisotopic (exact) mass is 486 g/mol. The first-order valence-electron chi connectivity index (χ1n) is 10.5. The third-order valence-electron chi connectivity index (χ3n) is 4.97. The Morgan fingerprint density at radius 2 is 1.48 bits per heavy atom. The third-order valence-corrected chi connectivity index (χ3v) is 7.79. The highest BCUT2D eigenvalue weighted by atomic mass is 32.2. The number of hydrogen-bond donors (Lipinski definition) is 1. The molecule has 0 unspecified atom stereocenters. The first-order valence-corrected chi connectivity index (χ1v) is 13.1. The lowest BCUT2D eigenvalue weighted by molar-refractivity contribution is -0.119. The van der Waals surface area contributed by atoms with E-state index in [0.29, 0.717) is 18.0 Å². The van der Waals surface area contributed by atoms with Gasteiger partial charge in [-0.15, -0.1) is 0 Å². The number of thioether (sulfide) groups is 1. The van der Waals surface area contributed by atoms with Crippen LogP contribution in [0, 0.1) is 19.7 Å². The number of benzene rings is 3. The molecule has 0 fully saturated rings. The summed E-state index contributed by atoms with van der Waals surface area (Å²) in [5.74, 6) is 0.605. The largest absolute Gasteiger partial charge is 0.354 e. The molecule has 0 aliphatic heterocycles. The van der Waals surface area contributed by atoms with E-state index in [2.05, 4.69) is 29.6 Å². The lowest BCUT2D eigenvalue weighted by Crippen LogP contribution is -2.41. The van der Waals surface area contributed by atoms with Gasteiger partial charge in [-0.05, 0) is 55.8 Å². The molecule has 0 heterocycles. The molecule has 1 amide bonds. The van der Waals surface area contributed by atoms with Gasteiger partial charge in [-0.1, -0.05) is 47.5 Å². The van der Waals surface area contributed by atoms with Gasteiger partial charge in [0.2, 0.25) is 5.91 Å². The number of hydrogen-bond acceptors (Lipinski definition) is 4. The summed E-state index contributed by atoms with van der Waals surface area (Å²) in [6.07, 6.45) is 0. The predicted molar refractivity (Wildman–Crippen MR) is 132 cm³/mol. The molecule has 5 nitrogen and oxygen atoms in total. The second kappa shape index (κ2) is 11.3. The van der Waals surface area contributed by atoms with Crippen LogP contribution in [0.1, 0.15) is 16.7 Å². The quantitative estimate of drug-likeness (QED) is 0.423. The molecule has 8 heteroatoms. The van der Waals surface area contributed by atoms with E-state index in [0.717, 1.165) is 27.8 Å². The summed E-state index contributed by atoms with van der Waals surface area (Å²) in [6, 6.07) is 19.7. The molecule has 0 aliphatic carbocycles. The number of amides is 1. The van der Waals surface area contributed by atoms with Gasteiger partial charge < -0.3 is 5.32 Å². The standard InChI is InChI=1S/C25H27FN2O3S2/c1-19-3-7-21(8-4-19)18-32-16-15-27-25(29)17-28(23-11-5-20(2)6-12-23)33(30,31)24-13-9-22(26)10-14-24/h3-14H,15-18H2,1-2H3,(H,27,29). The van der Waals surface area contributed by atoms with E-state index >= 15 is 0 Å². The van der Waals surface area contributed by atoms with Crippen molar-refractivity contribution in [1.29, 1.82) is 0 Å². The van der Waals surface area contributed by atoms with Crippen LogP contribution in [-0.4, -0.2) is 33.2 Å². The Labute approximate surface area is 199 Å². The van der Waals surface area contributed by atoms with E-state index in [9.17, 15) is 17.6 Å². The maximum absolute atomic E-state index is 13.3. The van der Waals surface area contributed by atoms with Crippen LogP contribution in [0.5, 0.6) is 0 Å². The van der Waals surface area contributed by atoms with Crippen molar-refractivity contribution in [2.75, 3.05) is 23.1 Å². The molecule has 1 N–H and O–H groups in total. The second-order valence-electron chi connectivity index (χ2n) is 7.69. The molecule has 3 aromatic carbocycles. The SMILES string of the molecule is Cc1ccc(CSCCNC(=O)CN(c2ccc(C)cc2)S(=O)(=O)c2ccc(F)cc2)cc1. The van der Waals surface area contributed by atoms with Gasteiger partial charge in [-0.3, -0.25) is 9.10 Å². The van der Waals surface area contributed by atoms with Crippen LogP contribution in [0.15, 0.2) is 77.7 Å². The molecule has 174 valence electrons. The van der Waals surface area contributed by atoms with E-state index in [1.165, 1.54) is 23.3 Å². The van der Waals surface area contributed by atoms with Crippen molar-refractivity contribution in [3.05, 3.63) is 95.3 Å². The fourth-order valence-electron chi connectivity index (χ4n) is 3.08. The maximum Gasteiger partial charge on any atom is 0.264 e. The zero-order chi connectivity index (χ0) is 23.8. The molecule has 0 saturated heterocycles. The summed E-state index contributed by atoms with van der Waals surface area (Å²) in [7, 11) is -4.05. The van der Waals surface area contributed by atoms with Gasteiger partial charge in [-0.2, -0.15) is 11.8 Å². The summed E-state index contributed by atoms with van der Waals surface area (Å²) < 4.78 is 40.8. The Morgan fingerprint density at radius 1 is 0.909 bits per heavy atom. The molecule has 0 aliphatic rings. The topological polar surface area (TPSA) is 66.5 Å². The van der Waals surface area contributed by atoms with Gasteiger partial charge in [0.1, 0.15) is 12.4 Å². The highest BCUT2D eigenvalue weighted by molar-refractivity contribution is 7.98. The van der Waals surface area contributed by atoms with Crippen LogP contribution >= 0.6 is 11.8 Å². The average molecular weight is 487 g/mol. The first-order chi connectivity index (χ1) is 15.8. The summed E-state index contributed by atoms with van der Waals surface area (Å²) in [4.78, 5) is 12.5. The minimum absolute atomic E-state index is 0.0778. The van der Waals surface area contributed by atoms with Gasteiger partial charge in [0.25, 0.3) is 10.0 Å². The van der Waals surface area contributed by atoms with E-state index in [4.69, 9.17) is 0 Å². The molecular formula is C25H27FN2O3S2. The number of rotatable bonds is 10. The summed E-state index contributed by atoms with van der Waals surface area (Å²) in [5.41, 5.74) is 3.76. The Hall–Kier alpha value is -2.84. The molecule has 0 radical (unpaired) electrons. The Balaban J connectivity index is 1.63. The molecule has 0 bridgehead atoms. The summed E-state index contributed by atoms with van der Waals surface area (Å²) in [6.45, 7) is 3.99. The average Bonchev–Trinajstić information content (AvgIpc) is 2.79. The zero-order valence-electron chi connectivity index (χ0n) is 18.6. The van der Waals surface area contributed by atoms with Crippen molar-refractivity contribution in [2.24, 2.45) is 0 Å². The molecule has 3 aromatic rings. The number of anilines is 1. The van der Waals surface area contributed by atoms with Crippen molar-refractivity contribution in [1.82, 2.24) is 5.32 Å². The van der Waals surface area contributed by atoms with E-state index < -0.39 is 21.7 Å². The number of aryl methyl sites for hydroxylation is 2. The molecule has 3 rings (SSSR count). The van der Waals surface area contributed by atoms with Crippen molar-refractivity contribution in [2.45, 2.75) is 24.5 Å². The van der Waals surface area contributed by atoms with Gasteiger partial charge in [0.05, 0.1) is 10.6 Å². The Bertz CT molecular complexity index is 1160. The van der Waals surface area contributed by atoms with Gasteiger partial charge in [0, 0.05) is 18.1 Å². The predicted octanol–water partition coefficient (Wildman–Crippen LogP) is 4.69. The van der Waals surface area contributed by atoms with Crippen molar-refractivity contribution in [3.8, 4) is 0 Å². The van der Waals surface area contributed by atoms with Crippen LogP contribution < -0.4 is 9.62 Å². The zero-order valence-corrected chi connectivity index (χ0v) is 20.3. The van der Waals surface area contributed by atoms with Crippen LogP contribution in [0.4, 0.5) is 10.1 Å². The van der Waals surface area contributed by atoms with Crippen LogP contribution in [-0.2, 0) is 20.6 Å². The smallest absolute Gasteiger partial charge is 0.264 e. The van der Waals surface area contributed by atoms with Crippen molar-refractivity contribution >= 4 is 33.4 Å². The fourth-order valence-corrected chi connectivity index (χ4v) is 5.32. The normalized spacial score (nSPS) is 11.2. The van der Waals surface area contributed by atoms with Crippen molar-refractivity contribution < 1.29 is 17.6 Å². The molecule has 0 saturated carbocycles. The molecule has 0 aromatic heterocycles. The van der Waals surface area contributed by atoms with Crippen LogP contribution in [0.3, 0.4) is 0 Å². The Kier molecular flexibility index (Phi) is 8.52. The first kappa shape index (κ1) is 24.8. The van der Waals surface area contributed by atoms with E-state index in [-0.39, 0.29) is 11.4 Å². The second-order valence-corrected chi connectivity index (χ2v) is 10.7. The number of carbonyl (C=O) groups is 1. The summed E-state index contributed by atoms with van der Waals surface area (Å²) in [5, 5.41) is 2.80. The minimum Gasteiger partial charge on any atom is -0.354 e. The molecule has 33 heavy (non-hydrogen) atoms. The number of nitrogens with zero attached hydrogens (tertiary/aromatic N) is 1. The fraction of sp³-hybridized carbons (Fsp3) is 0.240. The number of carbonyl (C=O) groups excluding carboxylic acids is 1. The van der Waals surface area contributed by atoms with E-state index in [1.807, 2.05) is 13.8 Å². The Morgan fingerprint density at radius 3 is 2.09 bits per heavy atom. The molecule has 0 atom stereocenters. The summed E-state index contributed by atoms with van der Waals surface area (Å²) >= 11 is 1.69. The number of halogens is 1. The van der Waals surface area contributed by atoms with Crippen LogP contribution in [0.25, 0.3) is 0 Å². The third kappa shape index (κ3) is 7.07. The maximum atomic E-state index is 13.3. The van der Waals surface area contributed by atoms with Gasteiger partial charge in [0.15, 0.2) is 0 Å². The highest BCUT2D eigenvalue weighted by Gasteiger charge is 2.27. The molecular weight excluding hydrogens is 459 g/mol.